The monoisotopic (exact) mass is 391 g/mol. The zero-order chi connectivity index (χ0) is 21.0. The predicted molar refractivity (Wildman–Crippen MR) is 111 cm³/mol. The standard InChI is InChI=1S/C22H21N3O4/c1-22(2,3)16-8-6-15(7-9-16)21(26)24-19-11-10-17(13-20(19)25(27)28)29-18-5-4-12-23-14-18/h4-14H,1-3H3,(H,24,26). The first kappa shape index (κ1) is 20.0. The number of carbonyl (C=O) groups excluding carboxylic acids is 1. The first-order valence-corrected chi connectivity index (χ1v) is 9.02. The number of aromatic nitrogens is 1. The number of benzene rings is 2. The summed E-state index contributed by atoms with van der Waals surface area (Å²) >= 11 is 0. The Balaban J connectivity index is 1.81. The Bertz CT molecular complexity index is 1030. The van der Waals surface area contributed by atoms with Crippen LogP contribution >= 0.6 is 0 Å². The molecule has 29 heavy (non-hydrogen) atoms. The van der Waals surface area contributed by atoms with E-state index in [0.717, 1.165) is 5.56 Å². The summed E-state index contributed by atoms with van der Waals surface area (Å²) in [4.78, 5) is 27.4. The number of nitro benzene ring substituents is 1. The Hall–Kier alpha value is -3.74. The van der Waals surface area contributed by atoms with Crippen LogP contribution in [0.2, 0.25) is 0 Å². The summed E-state index contributed by atoms with van der Waals surface area (Å²) in [6.07, 6.45) is 3.10. The van der Waals surface area contributed by atoms with Crippen LogP contribution in [0.25, 0.3) is 0 Å². The van der Waals surface area contributed by atoms with Gasteiger partial charge in [0, 0.05) is 11.8 Å². The van der Waals surface area contributed by atoms with Crippen molar-refractivity contribution in [3.05, 3.63) is 88.2 Å². The van der Waals surface area contributed by atoms with Crippen molar-refractivity contribution in [2.45, 2.75) is 26.2 Å². The van der Waals surface area contributed by atoms with Crippen LogP contribution in [0.3, 0.4) is 0 Å². The van der Waals surface area contributed by atoms with Gasteiger partial charge < -0.3 is 10.1 Å². The van der Waals surface area contributed by atoms with E-state index in [1.165, 1.54) is 18.3 Å². The van der Waals surface area contributed by atoms with E-state index in [4.69, 9.17) is 4.74 Å². The number of hydrogen-bond acceptors (Lipinski definition) is 5. The molecule has 0 bridgehead atoms. The third kappa shape index (κ3) is 4.95. The Morgan fingerprint density at radius 1 is 1.07 bits per heavy atom. The molecular formula is C22H21N3O4. The van der Waals surface area contributed by atoms with Crippen molar-refractivity contribution >= 4 is 17.3 Å². The summed E-state index contributed by atoms with van der Waals surface area (Å²) in [7, 11) is 0. The topological polar surface area (TPSA) is 94.4 Å². The first-order chi connectivity index (χ1) is 13.7. The maximum Gasteiger partial charge on any atom is 0.296 e. The molecule has 0 aliphatic rings. The smallest absolute Gasteiger partial charge is 0.296 e. The molecule has 3 rings (SSSR count). The highest BCUT2D eigenvalue weighted by molar-refractivity contribution is 6.05. The van der Waals surface area contributed by atoms with E-state index in [-0.39, 0.29) is 22.5 Å². The van der Waals surface area contributed by atoms with Crippen LogP contribution in [0.5, 0.6) is 11.5 Å². The molecule has 1 heterocycles. The van der Waals surface area contributed by atoms with Crippen molar-refractivity contribution < 1.29 is 14.5 Å². The molecule has 7 nitrogen and oxygen atoms in total. The molecule has 0 fully saturated rings. The summed E-state index contributed by atoms with van der Waals surface area (Å²) in [6, 6.07) is 14.8. The van der Waals surface area contributed by atoms with Gasteiger partial charge in [0.1, 0.15) is 17.2 Å². The maximum absolute atomic E-state index is 12.6. The van der Waals surface area contributed by atoms with Crippen molar-refractivity contribution in [1.82, 2.24) is 4.98 Å². The van der Waals surface area contributed by atoms with Crippen LogP contribution in [-0.4, -0.2) is 15.8 Å². The zero-order valence-electron chi connectivity index (χ0n) is 16.4. The molecule has 0 atom stereocenters. The lowest BCUT2D eigenvalue weighted by atomic mass is 9.87. The van der Waals surface area contributed by atoms with Crippen molar-refractivity contribution in [2.24, 2.45) is 0 Å². The number of pyridine rings is 1. The molecule has 0 saturated carbocycles. The minimum atomic E-state index is -0.561. The Kier molecular flexibility index (Phi) is 5.59. The second-order valence-corrected chi connectivity index (χ2v) is 7.51. The average molecular weight is 391 g/mol. The molecule has 0 unspecified atom stereocenters. The fraction of sp³-hybridized carbons (Fsp3) is 0.182. The molecule has 0 radical (unpaired) electrons. The molecule has 3 aromatic rings. The highest BCUT2D eigenvalue weighted by Crippen LogP contribution is 2.32. The summed E-state index contributed by atoms with van der Waals surface area (Å²) in [6.45, 7) is 6.25. The largest absolute Gasteiger partial charge is 0.455 e. The van der Waals surface area contributed by atoms with Crippen molar-refractivity contribution in [3.8, 4) is 11.5 Å². The Morgan fingerprint density at radius 2 is 1.79 bits per heavy atom. The normalized spacial score (nSPS) is 11.0. The lowest BCUT2D eigenvalue weighted by Crippen LogP contribution is -2.15. The molecule has 1 N–H and O–H groups in total. The van der Waals surface area contributed by atoms with Crippen LogP contribution < -0.4 is 10.1 Å². The number of carbonyl (C=O) groups is 1. The lowest BCUT2D eigenvalue weighted by Gasteiger charge is -2.19. The third-order valence-corrected chi connectivity index (χ3v) is 4.30. The van der Waals surface area contributed by atoms with Crippen LogP contribution in [0.4, 0.5) is 11.4 Å². The Labute approximate surface area is 168 Å². The van der Waals surface area contributed by atoms with Gasteiger partial charge in [0.15, 0.2) is 0 Å². The minimum Gasteiger partial charge on any atom is -0.455 e. The van der Waals surface area contributed by atoms with Gasteiger partial charge >= 0.3 is 0 Å². The maximum atomic E-state index is 12.6. The van der Waals surface area contributed by atoms with Crippen LogP contribution in [0.15, 0.2) is 67.0 Å². The summed E-state index contributed by atoms with van der Waals surface area (Å²) in [5.41, 5.74) is 1.32. The highest BCUT2D eigenvalue weighted by atomic mass is 16.6. The van der Waals surface area contributed by atoms with Crippen LogP contribution in [0.1, 0.15) is 36.7 Å². The van der Waals surface area contributed by atoms with E-state index in [2.05, 4.69) is 31.1 Å². The van der Waals surface area contributed by atoms with Crippen LogP contribution in [0, 0.1) is 10.1 Å². The zero-order valence-corrected chi connectivity index (χ0v) is 16.4. The van der Waals surface area contributed by atoms with Gasteiger partial charge in [-0.1, -0.05) is 32.9 Å². The molecule has 0 spiro atoms. The molecular weight excluding hydrogens is 370 g/mol. The van der Waals surface area contributed by atoms with Gasteiger partial charge in [-0.05, 0) is 47.4 Å². The second-order valence-electron chi connectivity index (χ2n) is 7.51. The SMILES string of the molecule is CC(C)(C)c1ccc(C(=O)Nc2ccc(Oc3cccnc3)cc2[N+](=O)[O-])cc1. The van der Waals surface area contributed by atoms with E-state index in [1.807, 2.05) is 12.1 Å². The third-order valence-electron chi connectivity index (χ3n) is 4.30. The molecule has 1 amide bonds. The number of nitrogens with zero attached hydrogens (tertiary/aromatic N) is 2. The number of amides is 1. The minimum absolute atomic E-state index is 0.0299. The molecule has 0 aliphatic heterocycles. The second kappa shape index (κ2) is 8.10. The van der Waals surface area contributed by atoms with E-state index in [9.17, 15) is 14.9 Å². The molecule has 7 heteroatoms. The van der Waals surface area contributed by atoms with Crippen molar-refractivity contribution in [2.75, 3.05) is 5.32 Å². The van der Waals surface area contributed by atoms with Gasteiger partial charge in [-0.15, -0.1) is 0 Å². The van der Waals surface area contributed by atoms with Gasteiger partial charge in [-0.2, -0.15) is 0 Å². The van der Waals surface area contributed by atoms with Gasteiger partial charge in [-0.3, -0.25) is 19.9 Å². The number of ether oxygens (including phenoxy) is 1. The summed E-state index contributed by atoms with van der Waals surface area (Å²) in [5, 5.41) is 14.1. The number of nitrogens with one attached hydrogen (secondary N) is 1. The van der Waals surface area contributed by atoms with Gasteiger partial charge in [0.25, 0.3) is 11.6 Å². The average Bonchev–Trinajstić information content (AvgIpc) is 2.69. The van der Waals surface area contributed by atoms with Crippen LogP contribution in [-0.2, 0) is 5.41 Å². The van der Waals surface area contributed by atoms with Crippen molar-refractivity contribution in [3.63, 3.8) is 0 Å². The van der Waals surface area contributed by atoms with Crippen molar-refractivity contribution in [1.29, 1.82) is 0 Å². The quantitative estimate of drug-likeness (QED) is 0.468. The van der Waals surface area contributed by atoms with Gasteiger partial charge in [0.05, 0.1) is 17.2 Å². The fourth-order valence-electron chi connectivity index (χ4n) is 2.69. The Morgan fingerprint density at radius 3 is 2.38 bits per heavy atom. The van der Waals surface area contributed by atoms with E-state index in [0.29, 0.717) is 11.3 Å². The van der Waals surface area contributed by atoms with E-state index in [1.54, 1.807) is 36.5 Å². The number of nitro groups is 1. The predicted octanol–water partition coefficient (Wildman–Crippen LogP) is 5.33. The first-order valence-electron chi connectivity index (χ1n) is 9.02. The van der Waals surface area contributed by atoms with Gasteiger partial charge in [0.2, 0.25) is 0 Å². The highest BCUT2D eigenvalue weighted by Gasteiger charge is 2.19. The number of rotatable bonds is 5. The molecule has 148 valence electrons. The van der Waals surface area contributed by atoms with E-state index >= 15 is 0 Å². The number of anilines is 1. The molecule has 2 aromatic carbocycles. The summed E-state index contributed by atoms with van der Waals surface area (Å²) in [5.74, 6) is 0.309. The lowest BCUT2D eigenvalue weighted by molar-refractivity contribution is -0.384. The molecule has 1 aromatic heterocycles. The molecule has 0 aliphatic carbocycles. The molecule has 0 saturated heterocycles. The van der Waals surface area contributed by atoms with Gasteiger partial charge in [-0.25, -0.2) is 0 Å². The fourth-order valence-corrected chi connectivity index (χ4v) is 2.69. The number of hydrogen-bond donors (Lipinski definition) is 1. The van der Waals surface area contributed by atoms with E-state index < -0.39 is 10.8 Å². The summed E-state index contributed by atoms with van der Waals surface area (Å²) < 4.78 is 5.58.